The van der Waals surface area contributed by atoms with E-state index in [0.29, 0.717) is 25.4 Å². The van der Waals surface area contributed by atoms with Crippen LogP contribution in [0.15, 0.2) is 18.3 Å². The summed E-state index contributed by atoms with van der Waals surface area (Å²) in [7, 11) is -3.00. The molecule has 0 spiro atoms. The molecule has 0 atom stereocenters. The molecule has 1 saturated heterocycles. The lowest BCUT2D eigenvalue weighted by molar-refractivity contribution is 0.123. The Hall–Kier alpha value is -1.80. The molecule has 0 saturated carbocycles. The molecule has 0 bridgehead atoms. The average Bonchev–Trinajstić information content (AvgIpc) is 2.86. The van der Waals surface area contributed by atoms with Crippen LogP contribution in [-0.4, -0.2) is 56.5 Å². The molecule has 2 N–H and O–H groups in total. The van der Waals surface area contributed by atoms with Crippen LogP contribution >= 0.6 is 0 Å². The summed E-state index contributed by atoms with van der Waals surface area (Å²) >= 11 is 0. The fourth-order valence-corrected chi connectivity index (χ4v) is 3.10. The Bertz CT molecular complexity index is 779. The van der Waals surface area contributed by atoms with E-state index in [4.69, 9.17) is 10.5 Å². The van der Waals surface area contributed by atoms with Crippen LogP contribution < -0.4 is 10.6 Å². The average molecular weight is 324 g/mol. The molecule has 2 heterocycles. The van der Waals surface area contributed by atoms with Crippen LogP contribution in [0.4, 0.5) is 11.4 Å². The predicted molar refractivity (Wildman–Crippen MR) is 86.9 cm³/mol. The summed E-state index contributed by atoms with van der Waals surface area (Å²) in [5.74, 6) is 0.0762. The van der Waals surface area contributed by atoms with Crippen molar-refractivity contribution in [3.05, 3.63) is 18.3 Å². The number of sulfone groups is 1. The lowest BCUT2D eigenvalue weighted by Gasteiger charge is -2.29. The highest BCUT2D eigenvalue weighted by atomic mass is 32.2. The summed E-state index contributed by atoms with van der Waals surface area (Å²) < 4.78 is 29.5. The second-order valence-electron chi connectivity index (χ2n) is 5.59. The lowest BCUT2D eigenvalue weighted by Crippen LogP contribution is -2.36. The van der Waals surface area contributed by atoms with Crippen LogP contribution in [0.2, 0.25) is 0 Å². The molecule has 2 aromatic rings. The van der Waals surface area contributed by atoms with Crippen LogP contribution in [0.1, 0.15) is 0 Å². The maximum atomic E-state index is 11.3. The Balaban J connectivity index is 1.88. The van der Waals surface area contributed by atoms with Gasteiger partial charge in [0, 0.05) is 30.9 Å². The van der Waals surface area contributed by atoms with Crippen molar-refractivity contribution in [1.82, 2.24) is 9.78 Å². The van der Waals surface area contributed by atoms with E-state index < -0.39 is 9.84 Å². The number of aromatic nitrogens is 2. The van der Waals surface area contributed by atoms with Crippen molar-refractivity contribution in [2.75, 3.05) is 48.9 Å². The molecule has 0 radical (unpaired) electrons. The number of nitrogens with zero attached hydrogens (tertiary/aromatic N) is 3. The van der Waals surface area contributed by atoms with Gasteiger partial charge in [0.1, 0.15) is 9.84 Å². The first-order valence-electron chi connectivity index (χ1n) is 7.19. The molecule has 8 heteroatoms. The molecule has 0 amide bonds. The molecule has 1 aliphatic heterocycles. The Labute approximate surface area is 129 Å². The van der Waals surface area contributed by atoms with E-state index in [0.717, 1.165) is 29.7 Å². The molecule has 1 aromatic heterocycles. The minimum atomic E-state index is -3.00. The van der Waals surface area contributed by atoms with Crippen molar-refractivity contribution >= 4 is 32.1 Å². The van der Waals surface area contributed by atoms with Gasteiger partial charge in [-0.1, -0.05) is 0 Å². The molecule has 120 valence electrons. The number of nitrogen functional groups attached to an aromatic ring is 1. The number of morpholine rings is 1. The number of fused-ring (bicyclic) bond motifs is 1. The topological polar surface area (TPSA) is 90.5 Å². The molecular weight excluding hydrogens is 304 g/mol. The third-order valence-corrected chi connectivity index (χ3v) is 4.67. The zero-order valence-corrected chi connectivity index (χ0v) is 13.3. The van der Waals surface area contributed by atoms with E-state index in [9.17, 15) is 8.42 Å². The fraction of sp³-hybridized carbons (Fsp3) is 0.500. The molecule has 3 rings (SSSR count). The van der Waals surface area contributed by atoms with Gasteiger partial charge < -0.3 is 15.4 Å². The van der Waals surface area contributed by atoms with Crippen molar-refractivity contribution in [2.24, 2.45) is 0 Å². The SMILES string of the molecule is CS(=O)(=O)CCn1cc2cc(N)c(N3CCOCC3)cc2n1. The Morgan fingerprint density at radius 3 is 2.73 bits per heavy atom. The van der Waals surface area contributed by atoms with Gasteiger partial charge in [-0.3, -0.25) is 4.68 Å². The van der Waals surface area contributed by atoms with Crippen molar-refractivity contribution in [3.8, 4) is 0 Å². The summed E-state index contributed by atoms with van der Waals surface area (Å²) in [5, 5.41) is 5.37. The highest BCUT2D eigenvalue weighted by Gasteiger charge is 2.16. The van der Waals surface area contributed by atoms with Gasteiger partial charge in [0.15, 0.2) is 0 Å². The van der Waals surface area contributed by atoms with Crippen molar-refractivity contribution < 1.29 is 13.2 Å². The van der Waals surface area contributed by atoms with E-state index in [-0.39, 0.29) is 5.75 Å². The second kappa shape index (κ2) is 5.77. The van der Waals surface area contributed by atoms with Gasteiger partial charge in [-0.2, -0.15) is 5.10 Å². The molecule has 7 nitrogen and oxygen atoms in total. The lowest BCUT2D eigenvalue weighted by atomic mass is 10.2. The van der Waals surface area contributed by atoms with Crippen LogP contribution in [0.5, 0.6) is 0 Å². The van der Waals surface area contributed by atoms with Gasteiger partial charge >= 0.3 is 0 Å². The molecule has 0 unspecified atom stereocenters. The minimum absolute atomic E-state index is 0.0762. The second-order valence-corrected chi connectivity index (χ2v) is 7.85. The van der Waals surface area contributed by atoms with Crippen LogP contribution in [0, 0.1) is 0 Å². The minimum Gasteiger partial charge on any atom is -0.397 e. The summed E-state index contributed by atoms with van der Waals surface area (Å²) in [6.45, 7) is 3.36. The maximum absolute atomic E-state index is 11.3. The zero-order chi connectivity index (χ0) is 15.7. The van der Waals surface area contributed by atoms with Gasteiger partial charge in [0.2, 0.25) is 0 Å². The number of hydrogen-bond donors (Lipinski definition) is 1. The van der Waals surface area contributed by atoms with Crippen molar-refractivity contribution in [2.45, 2.75) is 6.54 Å². The molecule has 1 fully saturated rings. The molecule has 0 aliphatic carbocycles. The summed E-state index contributed by atoms with van der Waals surface area (Å²) in [6.07, 6.45) is 3.06. The number of ether oxygens (including phenoxy) is 1. The number of nitrogens with two attached hydrogens (primary N) is 1. The first kappa shape index (κ1) is 15.1. The highest BCUT2D eigenvalue weighted by Crippen LogP contribution is 2.29. The van der Waals surface area contributed by atoms with Gasteiger partial charge in [-0.05, 0) is 12.1 Å². The smallest absolute Gasteiger partial charge is 0.149 e. The molecule has 1 aliphatic rings. The Morgan fingerprint density at radius 1 is 1.32 bits per heavy atom. The number of anilines is 2. The number of benzene rings is 1. The standard InChI is InChI=1S/C14H20N4O3S/c1-22(19,20)7-4-18-10-11-8-12(15)14(9-13(11)16-18)17-2-5-21-6-3-17/h8-10H,2-7,15H2,1H3. The van der Waals surface area contributed by atoms with Gasteiger partial charge in [-0.25, -0.2) is 8.42 Å². The normalized spacial score (nSPS) is 16.3. The van der Waals surface area contributed by atoms with E-state index >= 15 is 0 Å². The van der Waals surface area contributed by atoms with Crippen LogP contribution in [0.25, 0.3) is 10.9 Å². The molecular formula is C14H20N4O3S. The fourth-order valence-electron chi connectivity index (χ4n) is 2.58. The largest absolute Gasteiger partial charge is 0.397 e. The number of hydrogen-bond acceptors (Lipinski definition) is 6. The summed E-state index contributed by atoms with van der Waals surface area (Å²) in [5.41, 5.74) is 8.65. The molecule has 1 aromatic carbocycles. The first-order chi connectivity index (χ1) is 10.4. The summed E-state index contributed by atoms with van der Waals surface area (Å²) in [4.78, 5) is 2.19. The highest BCUT2D eigenvalue weighted by molar-refractivity contribution is 7.90. The molecule has 22 heavy (non-hydrogen) atoms. The summed E-state index contributed by atoms with van der Waals surface area (Å²) in [6, 6.07) is 3.86. The van der Waals surface area contributed by atoms with E-state index in [1.807, 2.05) is 18.3 Å². The third-order valence-electron chi connectivity index (χ3n) is 3.74. The van der Waals surface area contributed by atoms with E-state index in [1.165, 1.54) is 6.26 Å². The quantitative estimate of drug-likeness (QED) is 0.824. The van der Waals surface area contributed by atoms with Gasteiger partial charge in [0.25, 0.3) is 0 Å². The van der Waals surface area contributed by atoms with Gasteiger partial charge in [0.05, 0.1) is 42.4 Å². The maximum Gasteiger partial charge on any atom is 0.149 e. The van der Waals surface area contributed by atoms with Gasteiger partial charge in [-0.15, -0.1) is 0 Å². The monoisotopic (exact) mass is 324 g/mol. The number of rotatable bonds is 4. The number of aryl methyl sites for hydroxylation is 1. The van der Waals surface area contributed by atoms with Crippen LogP contribution in [0.3, 0.4) is 0 Å². The third kappa shape index (κ3) is 3.33. The van der Waals surface area contributed by atoms with Crippen LogP contribution in [-0.2, 0) is 21.1 Å². The van der Waals surface area contributed by atoms with E-state index in [1.54, 1.807) is 4.68 Å². The van der Waals surface area contributed by atoms with Crippen molar-refractivity contribution in [1.29, 1.82) is 0 Å². The van der Waals surface area contributed by atoms with Crippen molar-refractivity contribution in [3.63, 3.8) is 0 Å². The zero-order valence-electron chi connectivity index (χ0n) is 12.5. The van der Waals surface area contributed by atoms with E-state index in [2.05, 4.69) is 10.00 Å². The Kier molecular flexibility index (Phi) is 3.96. The Morgan fingerprint density at radius 2 is 2.05 bits per heavy atom. The first-order valence-corrected chi connectivity index (χ1v) is 9.25. The predicted octanol–water partition coefficient (Wildman–Crippen LogP) is 0.500.